The molecule has 1 saturated heterocycles. The van der Waals surface area contributed by atoms with E-state index in [4.69, 9.17) is 0 Å². The first-order valence-electron chi connectivity index (χ1n) is 9.77. The number of aliphatic carboxylic acids is 1. The van der Waals surface area contributed by atoms with Crippen molar-refractivity contribution in [2.45, 2.75) is 44.4 Å². The quantitative estimate of drug-likeness (QED) is 0.856. The number of rotatable bonds is 3. The Morgan fingerprint density at radius 1 is 1.11 bits per heavy atom. The third-order valence-electron chi connectivity index (χ3n) is 6.29. The predicted octanol–water partition coefficient (Wildman–Crippen LogP) is 3.10. The molecule has 1 fully saturated rings. The number of fused-ring (bicyclic) bond motifs is 1. The minimum Gasteiger partial charge on any atom is -0.481 e. The molecule has 0 saturated carbocycles. The van der Waals surface area contributed by atoms with Crippen LogP contribution in [0.1, 0.15) is 63.4 Å². The first-order chi connectivity index (χ1) is 13.4. The van der Waals surface area contributed by atoms with Gasteiger partial charge in [-0.15, -0.1) is 0 Å². The van der Waals surface area contributed by atoms with Gasteiger partial charge in [0.1, 0.15) is 5.69 Å². The zero-order chi connectivity index (χ0) is 19.9. The van der Waals surface area contributed by atoms with E-state index >= 15 is 0 Å². The van der Waals surface area contributed by atoms with Gasteiger partial charge in [0, 0.05) is 30.8 Å². The minimum absolute atomic E-state index is 0.0988. The van der Waals surface area contributed by atoms with Gasteiger partial charge in [0.05, 0.1) is 5.41 Å². The fourth-order valence-corrected chi connectivity index (χ4v) is 4.62. The molecule has 1 amide bonds. The number of ketones is 1. The van der Waals surface area contributed by atoms with Crippen LogP contribution in [0.15, 0.2) is 30.3 Å². The molecule has 1 aromatic heterocycles. The molecule has 4 rings (SSSR count). The minimum atomic E-state index is -0.960. The summed E-state index contributed by atoms with van der Waals surface area (Å²) in [5, 5.41) is 9.92. The number of amides is 1. The lowest BCUT2D eigenvalue weighted by Gasteiger charge is -2.39. The van der Waals surface area contributed by atoms with Crippen LogP contribution in [0.5, 0.6) is 0 Å². The Hall–Kier alpha value is -2.89. The zero-order valence-corrected chi connectivity index (χ0v) is 16.0. The number of aromatic amines is 1. The number of benzene rings is 1. The Bertz CT molecular complexity index is 937. The summed E-state index contributed by atoms with van der Waals surface area (Å²) in [5.41, 5.74) is 2.56. The fraction of sp³-hybridized carbons (Fsp3) is 0.409. The third-order valence-corrected chi connectivity index (χ3v) is 6.29. The summed E-state index contributed by atoms with van der Waals surface area (Å²) in [6, 6.07) is 9.26. The summed E-state index contributed by atoms with van der Waals surface area (Å²) in [4.78, 5) is 42.3. The van der Waals surface area contributed by atoms with E-state index in [0.29, 0.717) is 43.6 Å². The van der Waals surface area contributed by atoms with Crippen molar-refractivity contribution in [1.82, 2.24) is 9.88 Å². The predicted molar refractivity (Wildman–Crippen MR) is 104 cm³/mol. The van der Waals surface area contributed by atoms with Crippen molar-refractivity contribution in [3.05, 3.63) is 58.4 Å². The molecule has 6 nitrogen and oxygen atoms in total. The van der Waals surface area contributed by atoms with Crippen molar-refractivity contribution in [1.29, 1.82) is 0 Å². The zero-order valence-electron chi connectivity index (χ0n) is 16.0. The Morgan fingerprint density at radius 3 is 2.39 bits per heavy atom. The molecule has 0 atom stereocenters. The molecule has 2 N–H and O–H groups in total. The van der Waals surface area contributed by atoms with E-state index in [9.17, 15) is 19.5 Å². The van der Waals surface area contributed by atoms with E-state index in [1.807, 2.05) is 37.3 Å². The lowest BCUT2D eigenvalue weighted by Crippen LogP contribution is -2.49. The highest BCUT2D eigenvalue weighted by molar-refractivity contribution is 6.04. The standard InChI is InChI=1S/C22H24N2O4/c1-14-18-16(8-5-9-17(18)25)23-19(14)20(26)24-12-10-22(11-13-24,21(27)28)15-6-3-2-4-7-15/h2-4,6-7,23H,5,8-13H2,1H3,(H,27,28). The number of nitrogens with one attached hydrogen (secondary N) is 1. The van der Waals surface area contributed by atoms with E-state index in [1.165, 1.54) is 0 Å². The maximum absolute atomic E-state index is 13.1. The molecular weight excluding hydrogens is 356 g/mol. The number of H-pyrrole nitrogens is 1. The van der Waals surface area contributed by atoms with Crippen molar-refractivity contribution in [3.63, 3.8) is 0 Å². The first-order valence-corrected chi connectivity index (χ1v) is 9.77. The van der Waals surface area contributed by atoms with Gasteiger partial charge in [-0.05, 0) is 43.7 Å². The molecule has 1 aromatic carbocycles. The second-order valence-electron chi connectivity index (χ2n) is 7.80. The SMILES string of the molecule is Cc1c(C(=O)N2CCC(C(=O)O)(c3ccccc3)CC2)[nH]c2c1C(=O)CCC2. The highest BCUT2D eigenvalue weighted by Crippen LogP contribution is 2.37. The third kappa shape index (κ3) is 2.84. The van der Waals surface area contributed by atoms with Crippen LogP contribution in [0, 0.1) is 6.92 Å². The number of hydrogen-bond donors (Lipinski definition) is 2. The van der Waals surface area contributed by atoms with Crippen LogP contribution in [0.4, 0.5) is 0 Å². The summed E-state index contributed by atoms with van der Waals surface area (Å²) >= 11 is 0. The molecule has 2 aromatic rings. The molecule has 6 heteroatoms. The van der Waals surface area contributed by atoms with Crippen LogP contribution in [0.2, 0.25) is 0 Å². The normalized spacial score (nSPS) is 18.6. The van der Waals surface area contributed by atoms with Gasteiger partial charge in [-0.1, -0.05) is 30.3 Å². The fourth-order valence-electron chi connectivity index (χ4n) is 4.62. The molecule has 28 heavy (non-hydrogen) atoms. The molecule has 1 aliphatic carbocycles. The number of carbonyl (C=O) groups is 3. The molecule has 146 valence electrons. The maximum Gasteiger partial charge on any atom is 0.314 e. The molecule has 0 bridgehead atoms. The number of Topliss-reactive ketones (excluding diaryl/α,β-unsaturated/α-hetero) is 1. The van der Waals surface area contributed by atoms with Crippen LogP contribution in [-0.2, 0) is 16.6 Å². The average molecular weight is 380 g/mol. The van der Waals surface area contributed by atoms with Gasteiger partial charge < -0.3 is 15.0 Å². The highest BCUT2D eigenvalue weighted by atomic mass is 16.4. The van der Waals surface area contributed by atoms with Crippen molar-refractivity contribution >= 4 is 17.7 Å². The molecule has 2 aliphatic rings. The first kappa shape index (κ1) is 18.5. The topological polar surface area (TPSA) is 90.5 Å². The Kier molecular flexibility index (Phi) is 4.57. The number of aryl methyl sites for hydroxylation is 1. The summed E-state index contributed by atoms with van der Waals surface area (Å²) in [6.07, 6.45) is 2.86. The Labute approximate surface area is 163 Å². The number of aromatic nitrogens is 1. The van der Waals surface area contributed by atoms with Crippen LogP contribution in [-0.4, -0.2) is 45.7 Å². The van der Waals surface area contributed by atoms with Gasteiger partial charge >= 0.3 is 5.97 Å². The number of likely N-dealkylation sites (tertiary alicyclic amines) is 1. The van der Waals surface area contributed by atoms with Gasteiger partial charge in [-0.3, -0.25) is 14.4 Å². The summed E-state index contributed by atoms with van der Waals surface area (Å²) in [5.74, 6) is -0.892. The van der Waals surface area contributed by atoms with Crippen molar-refractivity contribution in [2.24, 2.45) is 0 Å². The smallest absolute Gasteiger partial charge is 0.314 e. The van der Waals surface area contributed by atoms with Crippen LogP contribution >= 0.6 is 0 Å². The molecule has 1 aliphatic heterocycles. The van der Waals surface area contributed by atoms with E-state index in [2.05, 4.69) is 4.98 Å². The van der Waals surface area contributed by atoms with Gasteiger partial charge in [0.25, 0.3) is 5.91 Å². The van der Waals surface area contributed by atoms with E-state index in [0.717, 1.165) is 29.7 Å². The number of carboxylic acids is 1. The molecule has 0 unspecified atom stereocenters. The van der Waals surface area contributed by atoms with Crippen LogP contribution < -0.4 is 0 Å². The van der Waals surface area contributed by atoms with Crippen LogP contribution in [0.25, 0.3) is 0 Å². The highest BCUT2D eigenvalue weighted by Gasteiger charge is 2.44. The summed E-state index contributed by atoms with van der Waals surface area (Å²) in [6.45, 7) is 2.56. The Balaban J connectivity index is 1.56. The van der Waals surface area contributed by atoms with Crippen LogP contribution in [0.3, 0.4) is 0 Å². The lowest BCUT2D eigenvalue weighted by molar-refractivity contribution is -0.145. The lowest BCUT2D eigenvalue weighted by atomic mass is 9.73. The monoisotopic (exact) mass is 380 g/mol. The second-order valence-corrected chi connectivity index (χ2v) is 7.80. The average Bonchev–Trinajstić information content (AvgIpc) is 3.06. The van der Waals surface area contributed by atoms with Gasteiger partial charge in [0.2, 0.25) is 0 Å². The molecular formula is C22H24N2O4. The summed E-state index contributed by atoms with van der Waals surface area (Å²) in [7, 11) is 0. The summed E-state index contributed by atoms with van der Waals surface area (Å²) < 4.78 is 0. The number of nitrogens with zero attached hydrogens (tertiary/aromatic N) is 1. The largest absolute Gasteiger partial charge is 0.481 e. The second kappa shape index (κ2) is 6.93. The number of carbonyl (C=O) groups excluding carboxylic acids is 2. The van der Waals surface area contributed by atoms with Crippen molar-refractivity contribution in [3.8, 4) is 0 Å². The van der Waals surface area contributed by atoms with E-state index in [-0.39, 0.29) is 11.7 Å². The molecule has 0 spiro atoms. The van der Waals surface area contributed by atoms with E-state index < -0.39 is 11.4 Å². The Morgan fingerprint density at radius 2 is 1.79 bits per heavy atom. The van der Waals surface area contributed by atoms with Crippen molar-refractivity contribution in [2.75, 3.05) is 13.1 Å². The molecule has 2 heterocycles. The number of piperidine rings is 1. The van der Waals surface area contributed by atoms with E-state index in [1.54, 1.807) is 4.90 Å². The van der Waals surface area contributed by atoms with Gasteiger partial charge in [-0.2, -0.15) is 0 Å². The van der Waals surface area contributed by atoms with Gasteiger partial charge in [-0.25, -0.2) is 0 Å². The van der Waals surface area contributed by atoms with Gasteiger partial charge in [0.15, 0.2) is 5.78 Å². The van der Waals surface area contributed by atoms with Crippen molar-refractivity contribution < 1.29 is 19.5 Å². The molecule has 0 radical (unpaired) electrons. The maximum atomic E-state index is 13.1. The number of carboxylic acid groups (broad SMARTS) is 1. The number of hydrogen-bond acceptors (Lipinski definition) is 3.